The molecule has 4 rings (SSSR count). The zero-order chi connectivity index (χ0) is 39.0. The molecule has 1 aromatic carbocycles. The minimum atomic E-state index is -5.33. The highest BCUT2D eigenvalue weighted by atomic mass is 31.2. The highest BCUT2D eigenvalue weighted by Gasteiger charge is 2.64. The number of aliphatic carboxylic acids is 1. The second-order valence-corrected chi connectivity index (χ2v) is 13.9. The standard InChI is InChI=1S/C31H41N4O17P/c1-30(2)49-25-21(48-28(31(25,3)52-30)35-16-15-22(36)32-29(35)42)17-46-53(43,50-26(40)19(33-44-4)11-13-23(37)38)51-27(41)20(34-45-5)12-14-24(39)47-18-9-7-6-8-10-18/h6-10,15-16,19-21,25,28,33-34H,11-14,17H2,1-5H3,(H,37,38)(H,32,36,42)/t19-,20-,21+,25+,28+,31+,53?/m0/s1. The molecule has 4 N–H and O–H groups in total. The van der Waals surface area contributed by atoms with E-state index in [1.807, 2.05) is 0 Å². The van der Waals surface area contributed by atoms with Crippen molar-refractivity contribution >= 4 is 31.7 Å². The second-order valence-electron chi connectivity index (χ2n) is 12.3. The molecule has 0 bridgehead atoms. The normalized spacial score (nSPS) is 24.0. The van der Waals surface area contributed by atoms with Gasteiger partial charge in [-0.1, -0.05) is 18.2 Å². The highest BCUT2D eigenvalue weighted by Crippen LogP contribution is 2.54. The Bertz CT molecular complexity index is 1780. The summed E-state index contributed by atoms with van der Waals surface area (Å²) in [5, 5.41) is 9.12. The van der Waals surface area contributed by atoms with Crippen molar-refractivity contribution in [2.75, 3.05) is 20.8 Å². The summed E-state index contributed by atoms with van der Waals surface area (Å²) in [4.78, 5) is 86.5. The van der Waals surface area contributed by atoms with E-state index >= 15 is 0 Å². The predicted octanol–water partition coefficient (Wildman–Crippen LogP) is 0.845. The van der Waals surface area contributed by atoms with Crippen LogP contribution in [0.4, 0.5) is 0 Å². The Hall–Kier alpha value is -4.31. The van der Waals surface area contributed by atoms with Crippen molar-refractivity contribution in [3.63, 3.8) is 0 Å². The molecule has 22 heteroatoms. The average Bonchev–Trinajstić information content (AvgIpc) is 3.48. The zero-order valence-electron chi connectivity index (χ0n) is 29.3. The molecule has 0 aliphatic carbocycles. The highest BCUT2D eigenvalue weighted by molar-refractivity contribution is 7.49. The van der Waals surface area contributed by atoms with Crippen molar-refractivity contribution in [3.05, 3.63) is 63.4 Å². The van der Waals surface area contributed by atoms with Gasteiger partial charge in [-0.25, -0.2) is 18.9 Å². The van der Waals surface area contributed by atoms with Gasteiger partial charge < -0.3 is 42.8 Å². The van der Waals surface area contributed by atoms with Crippen LogP contribution in [-0.2, 0) is 61.2 Å². The number of H-pyrrole nitrogens is 1. The number of esters is 1. The average molecular weight is 773 g/mol. The third kappa shape index (κ3) is 10.9. The first-order chi connectivity index (χ1) is 25.0. The van der Waals surface area contributed by atoms with Crippen molar-refractivity contribution in [2.24, 2.45) is 0 Å². The lowest BCUT2D eigenvalue weighted by molar-refractivity contribution is -0.218. The molecule has 292 valence electrons. The third-order valence-corrected chi connectivity index (χ3v) is 9.10. The molecule has 2 saturated heterocycles. The number of aromatic amines is 1. The fourth-order valence-corrected chi connectivity index (χ4v) is 6.81. The number of nitrogens with one attached hydrogen (secondary N) is 3. The summed E-state index contributed by atoms with van der Waals surface area (Å²) < 4.78 is 54.5. The van der Waals surface area contributed by atoms with Crippen molar-refractivity contribution in [2.45, 2.75) is 88.4 Å². The Kier molecular flexibility index (Phi) is 13.8. The number of phosphoric acid groups is 1. The van der Waals surface area contributed by atoms with Crippen LogP contribution in [0.5, 0.6) is 5.75 Å². The zero-order valence-corrected chi connectivity index (χ0v) is 30.2. The van der Waals surface area contributed by atoms with E-state index in [2.05, 4.69) is 15.9 Å². The Morgan fingerprint density at radius 3 is 2.13 bits per heavy atom. The number of carbonyl (C=O) groups excluding carboxylic acids is 3. The van der Waals surface area contributed by atoms with Crippen LogP contribution in [0.2, 0.25) is 0 Å². The molecule has 0 spiro atoms. The lowest BCUT2D eigenvalue weighted by Gasteiger charge is -2.30. The Morgan fingerprint density at radius 1 is 0.962 bits per heavy atom. The first-order valence-electron chi connectivity index (χ1n) is 16.1. The van der Waals surface area contributed by atoms with Crippen LogP contribution in [0.15, 0.2) is 52.2 Å². The molecule has 21 nitrogen and oxygen atoms in total. The topological polar surface area (TPSA) is 268 Å². The van der Waals surface area contributed by atoms with Crippen LogP contribution >= 0.6 is 7.82 Å². The summed E-state index contributed by atoms with van der Waals surface area (Å²) in [6, 6.07) is 6.17. The van der Waals surface area contributed by atoms with Gasteiger partial charge >= 0.3 is 37.4 Å². The van der Waals surface area contributed by atoms with Gasteiger partial charge in [0.2, 0.25) is 0 Å². The Labute approximate surface area is 301 Å². The molecule has 2 aliphatic rings. The number of ether oxygens (including phenoxy) is 4. The molecule has 2 fully saturated rings. The number of carboxylic acid groups (broad SMARTS) is 1. The fraction of sp³-hybridized carbons (Fsp3) is 0.548. The van der Waals surface area contributed by atoms with Gasteiger partial charge in [0, 0.05) is 25.1 Å². The predicted molar refractivity (Wildman–Crippen MR) is 175 cm³/mol. The fourth-order valence-electron chi connectivity index (χ4n) is 5.64. The number of rotatable bonds is 19. The summed E-state index contributed by atoms with van der Waals surface area (Å²) in [5.41, 5.74) is 1.62. The van der Waals surface area contributed by atoms with E-state index in [-0.39, 0.29) is 18.6 Å². The van der Waals surface area contributed by atoms with Gasteiger partial charge in [0.05, 0.1) is 20.8 Å². The van der Waals surface area contributed by atoms with Crippen LogP contribution in [0.3, 0.4) is 0 Å². The number of hydroxylamine groups is 2. The minimum Gasteiger partial charge on any atom is -0.481 e. The molecule has 0 amide bonds. The molecule has 53 heavy (non-hydrogen) atoms. The summed E-state index contributed by atoms with van der Waals surface area (Å²) in [7, 11) is -3.05. The molecule has 0 saturated carbocycles. The third-order valence-electron chi connectivity index (χ3n) is 7.83. The van der Waals surface area contributed by atoms with Crippen molar-refractivity contribution in [1.82, 2.24) is 20.5 Å². The van der Waals surface area contributed by atoms with Gasteiger partial charge in [-0.3, -0.25) is 28.5 Å². The van der Waals surface area contributed by atoms with E-state index < -0.39 is 104 Å². The number of aromatic nitrogens is 2. The van der Waals surface area contributed by atoms with E-state index in [1.165, 1.54) is 6.20 Å². The number of nitrogens with zero attached hydrogens (tertiary/aromatic N) is 1. The molecule has 1 unspecified atom stereocenters. The molecular formula is C31H41N4O17P. The quantitative estimate of drug-likeness (QED) is 0.0667. The van der Waals surface area contributed by atoms with Crippen molar-refractivity contribution in [1.29, 1.82) is 0 Å². The van der Waals surface area contributed by atoms with E-state index in [0.29, 0.717) is 0 Å². The molecule has 0 radical (unpaired) electrons. The number of hydrogen-bond donors (Lipinski definition) is 4. The van der Waals surface area contributed by atoms with Crippen LogP contribution in [-0.4, -0.2) is 95.0 Å². The maximum Gasteiger partial charge on any atom is 0.592 e. The lowest BCUT2D eigenvalue weighted by atomic mass is 9.96. The number of carbonyl (C=O) groups is 4. The summed E-state index contributed by atoms with van der Waals surface area (Å²) in [5.74, 6) is -5.73. The minimum absolute atomic E-state index is 0.251. The molecule has 7 atom stereocenters. The van der Waals surface area contributed by atoms with Crippen LogP contribution in [0.1, 0.15) is 52.7 Å². The van der Waals surface area contributed by atoms with Gasteiger partial charge in [-0.05, 0) is 45.7 Å². The largest absolute Gasteiger partial charge is 0.592 e. The summed E-state index contributed by atoms with van der Waals surface area (Å²) >= 11 is 0. The number of fused-ring (bicyclic) bond motifs is 1. The van der Waals surface area contributed by atoms with Gasteiger partial charge in [-0.2, -0.15) is 11.0 Å². The number of carboxylic acids is 1. The van der Waals surface area contributed by atoms with E-state index in [1.54, 1.807) is 51.1 Å². The molecule has 1 aromatic heterocycles. The number of hydrogen-bond acceptors (Lipinski definition) is 18. The summed E-state index contributed by atoms with van der Waals surface area (Å²) in [6.45, 7) is 3.99. The van der Waals surface area contributed by atoms with Crippen molar-refractivity contribution in [3.8, 4) is 5.75 Å². The van der Waals surface area contributed by atoms with E-state index in [4.69, 9.17) is 47.3 Å². The number of benzene rings is 1. The van der Waals surface area contributed by atoms with Crippen LogP contribution in [0.25, 0.3) is 0 Å². The van der Waals surface area contributed by atoms with Gasteiger partial charge in [-0.15, -0.1) is 0 Å². The number of para-hydroxylation sites is 1. The van der Waals surface area contributed by atoms with Gasteiger partial charge in [0.1, 0.15) is 35.6 Å². The van der Waals surface area contributed by atoms with E-state index in [9.17, 15) is 33.3 Å². The summed E-state index contributed by atoms with van der Waals surface area (Å²) in [6.07, 6.45) is -3.98. The molecular weight excluding hydrogens is 731 g/mol. The van der Waals surface area contributed by atoms with Crippen LogP contribution < -0.4 is 26.9 Å². The first-order valence-corrected chi connectivity index (χ1v) is 17.6. The maximum absolute atomic E-state index is 14.2. The Balaban J connectivity index is 1.57. The number of phosphoric ester groups is 1. The smallest absolute Gasteiger partial charge is 0.481 e. The second kappa shape index (κ2) is 17.7. The van der Waals surface area contributed by atoms with Crippen molar-refractivity contribution < 1.29 is 71.0 Å². The lowest BCUT2D eigenvalue weighted by Crippen LogP contribution is -2.45. The SMILES string of the molecule is CON[C@@H](CCC(=O)O)C(=O)OP(=O)(OC[C@H]1O[C@@H](n2ccc(=O)[nH]c2=O)[C@]2(C)OC(C)(C)O[C@H]12)OC(=O)[C@H](CCC(=O)Oc1ccccc1)NOC. The van der Waals surface area contributed by atoms with E-state index in [0.717, 1.165) is 24.9 Å². The molecule has 3 heterocycles. The molecule has 2 aliphatic heterocycles. The van der Waals surface area contributed by atoms with Gasteiger partial charge in [0.15, 0.2) is 12.0 Å². The maximum atomic E-state index is 14.2. The first kappa shape index (κ1) is 41.4. The molecule has 2 aromatic rings. The van der Waals surface area contributed by atoms with Crippen LogP contribution in [0, 0.1) is 0 Å². The monoisotopic (exact) mass is 772 g/mol. The Morgan fingerprint density at radius 2 is 1.57 bits per heavy atom. The van der Waals surface area contributed by atoms with Gasteiger partial charge in [0.25, 0.3) is 5.56 Å².